The van der Waals surface area contributed by atoms with Gasteiger partial charge in [0.1, 0.15) is 6.07 Å². The lowest BCUT2D eigenvalue weighted by molar-refractivity contribution is -0.298. The van der Waals surface area contributed by atoms with Gasteiger partial charge in [0.2, 0.25) is 0 Å². The first-order valence-corrected chi connectivity index (χ1v) is 9.32. The molecule has 0 bridgehead atoms. The molecular weight excluding hydrogens is 358 g/mol. The number of hydrogen-bond donors (Lipinski definition) is 0. The standard InChI is InChI=1S/C21H17N3O2S/c1-2-27-19-10-8-15(9-11-19)20-17(12-16(13-22)21(25)26)14-24(23-20)18-6-4-3-5-7-18/h3-12,14H,2H2,1H3,(H,25,26)/p-1/b16-12+. The Labute approximate surface area is 161 Å². The molecule has 27 heavy (non-hydrogen) atoms. The molecule has 0 aliphatic carbocycles. The summed E-state index contributed by atoms with van der Waals surface area (Å²) >= 11 is 1.74. The van der Waals surface area contributed by atoms with E-state index in [2.05, 4.69) is 12.0 Å². The average Bonchev–Trinajstić information content (AvgIpc) is 3.11. The highest BCUT2D eigenvalue weighted by atomic mass is 32.2. The Hall–Kier alpha value is -3.30. The fourth-order valence-corrected chi connectivity index (χ4v) is 3.26. The summed E-state index contributed by atoms with van der Waals surface area (Å²) in [6.45, 7) is 2.09. The van der Waals surface area contributed by atoms with Gasteiger partial charge in [0, 0.05) is 22.2 Å². The minimum atomic E-state index is -1.51. The van der Waals surface area contributed by atoms with Gasteiger partial charge in [-0.25, -0.2) is 4.68 Å². The number of aromatic nitrogens is 2. The van der Waals surface area contributed by atoms with Crippen LogP contribution in [0.5, 0.6) is 0 Å². The van der Waals surface area contributed by atoms with Gasteiger partial charge in [-0.05, 0) is 36.1 Å². The average molecular weight is 374 g/mol. The molecule has 5 nitrogen and oxygen atoms in total. The molecule has 0 saturated carbocycles. The fourth-order valence-electron chi connectivity index (χ4n) is 2.60. The molecule has 134 valence electrons. The van der Waals surface area contributed by atoms with E-state index in [1.54, 1.807) is 28.7 Å². The topological polar surface area (TPSA) is 81.7 Å². The predicted molar refractivity (Wildman–Crippen MR) is 104 cm³/mol. The predicted octanol–water partition coefficient (Wildman–Crippen LogP) is 3.31. The number of hydrogen-bond acceptors (Lipinski definition) is 5. The van der Waals surface area contributed by atoms with Crippen molar-refractivity contribution in [1.82, 2.24) is 9.78 Å². The van der Waals surface area contributed by atoms with Crippen LogP contribution in [-0.4, -0.2) is 21.5 Å². The quantitative estimate of drug-likeness (QED) is 0.376. The number of carbonyl (C=O) groups is 1. The maximum absolute atomic E-state index is 11.1. The van der Waals surface area contributed by atoms with Crippen LogP contribution in [0.15, 0.2) is 71.3 Å². The van der Waals surface area contributed by atoms with Crippen molar-refractivity contribution in [3.8, 4) is 23.0 Å². The van der Waals surface area contributed by atoms with Crippen LogP contribution in [0.4, 0.5) is 0 Å². The molecule has 0 unspecified atom stereocenters. The second-order valence-corrected chi connectivity index (χ2v) is 6.97. The first-order chi connectivity index (χ1) is 13.1. The van der Waals surface area contributed by atoms with Crippen LogP contribution in [0.1, 0.15) is 12.5 Å². The van der Waals surface area contributed by atoms with Gasteiger partial charge in [0.05, 0.1) is 22.9 Å². The van der Waals surface area contributed by atoms with Crippen LogP contribution >= 0.6 is 11.8 Å². The van der Waals surface area contributed by atoms with Gasteiger partial charge < -0.3 is 9.90 Å². The number of carbonyl (C=O) groups excluding carboxylic acids is 1. The monoisotopic (exact) mass is 374 g/mol. The van der Waals surface area contributed by atoms with Gasteiger partial charge >= 0.3 is 0 Å². The fraction of sp³-hybridized carbons (Fsp3) is 0.0952. The van der Waals surface area contributed by atoms with Crippen molar-refractivity contribution in [2.45, 2.75) is 11.8 Å². The van der Waals surface area contributed by atoms with Crippen LogP contribution in [0.3, 0.4) is 0 Å². The zero-order valence-corrected chi connectivity index (χ0v) is 15.4. The van der Waals surface area contributed by atoms with E-state index in [4.69, 9.17) is 5.26 Å². The molecule has 1 heterocycles. The van der Waals surface area contributed by atoms with Crippen molar-refractivity contribution in [2.24, 2.45) is 0 Å². The third-order valence-electron chi connectivity index (χ3n) is 3.84. The molecule has 0 radical (unpaired) electrons. The molecule has 6 heteroatoms. The van der Waals surface area contributed by atoms with Crippen LogP contribution < -0.4 is 5.11 Å². The van der Waals surface area contributed by atoms with E-state index in [0.717, 1.165) is 21.9 Å². The molecule has 3 rings (SSSR count). The van der Waals surface area contributed by atoms with E-state index in [1.165, 1.54) is 6.08 Å². The lowest BCUT2D eigenvalue weighted by atomic mass is 10.1. The lowest BCUT2D eigenvalue weighted by Crippen LogP contribution is -2.23. The smallest absolute Gasteiger partial charge is 0.101 e. The largest absolute Gasteiger partial charge is 0.544 e. The van der Waals surface area contributed by atoms with Gasteiger partial charge in [-0.15, -0.1) is 11.8 Å². The Morgan fingerprint density at radius 3 is 2.52 bits per heavy atom. The second-order valence-electron chi connectivity index (χ2n) is 5.63. The number of rotatable bonds is 6. The lowest BCUT2D eigenvalue weighted by Gasteiger charge is -2.03. The van der Waals surface area contributed by atoms with Crippen LogP contribution in [0, 0.1) is 11.3 Å². The highest BCUT2D eigenvalue weighted by Gasteiger charge is 2.12. The maximum Gasteiger partial charge on any atom is 0.101 e. The van der Waals surface area contributed by atoms with E-state index >= 15 is 0 Å². The Morgan fingerprint density at radius 1 is 1.22 bits per heavy atom. The van der Waals surface area contributed by atoms with Gasteiger partial charge in [-0.3, -0.25) is 0 Å². The summed E-state index contributed by atoms with van der Waals surface area (Å²) < 4.78 is 1.67. The molecular formula is C21H16N3O2S-. The first-order valence-electron chi connectivity index (χ1n) is 8.34. The number of nitrogens with zero attached hydrogens (tertiary/aromatic N) is 3. The van der Waals surface area contributed by atoms with Crippen molar-refractivity contribution in [1.29, 1.82) is 5.26 Å². The number of carboxylic acids is 1. The zero-order chi connectivity index (χ0) is 19.2. The second kappa shape index (κ2) is 8.39. The molecule has 1 aromatic heterocycles. The van der Waals surface area contributed by atoms with Crippen LogP contribution in [0.2, 0.25) is 0 Å². The zero-order valence-electron chi connectivity index (χ0n) is 14.6. The highest BCUT2D eigenvalue weighted by molar-refractivity contribution is 7.99. The number of para-hydroxylation sites is 1. The summed E-state index contributed by atoms with van der Waals surface area (Å²) in [5.74, 6) is -0.529. The molecule has 0 saturated heterocycles. The third-order valence-corrected chi connectivity index (χ3v) is 4.74. The van der Waals surface area contributed by atoms with Gasteiger partial charge in [0.15, 0.2) is 0 Å². The van der Waals surface area contributed by atoms with E-state index in [9.17, 15) is 9.90 Å². The number of benzene rings is 2. The van der Waals surface area contributed by atoms with Crippen LogP contribution in [-0.2, 0) is 4.79 Å². The first kappa shape index (κ1) is 18.5. The SMILES string of the molecule is CCSc1ccc(-c2nn(-c3ccccc3)cc2/C=C(\C#N)C(=O)[O-])cc1. The third kappa shape index (κ3) is 4.27. The van der Waals surface area contributed by atoms with Crippen molar-refractivity contribution in [3.63, 3.8) is 0 Å². The summed E-state index contributed by atoms with van der Waals surface area (Å²) in [6, 6.07) is 19.0. The number of carboxylic acid groups (broad SMARTS) is 1. The Balaban J connectivity index is 2.11. The van der Waals surface area contributed by atoms with Crippen molar-refractivity contribution in [2.75, 3.05) is 5.75 Å². The molecule has 0 atom stereocenters. The van der Waals surface area contributed by atoms with E-state index in [1.807, 2.05) is 54.6 Å². The van der Waals surface area contributed by atoms with Gasteiger partial charge in [-0.1, -0.05) is 37.3 Å². The van der Waals surface area contributed by atoms with E-state index in [0.29, 0.717) is 11.3 Å². The molecule has 0 fully saturated rings. The summed E-state index contributed by atoms with van der Waals surface area (Å²) in [4.78, 5) is 12.3. The maximum atomic E-state index is 11.1. The minimum Gasteiger partial charge on any atom is -0.544 e. The van der Waals surface area contributed by atoms with E-state index < -0.39 is 11.5 Å². The number of nitriles is 1. The Kier molecular flexibility index (Phi) is 5.74. The normalized spacial score (nSPS) is 11.2. The molecule has 0 spiro atoms. The highest BCUT2D eigenvalue weighted by Crippen LogP contribution is 2.28. The Morgan fingerprint density at radius 2 is 1.93 bits per heavy atom. The van der Waals surface area contributed by atoms with Gasteiger partial charge in [0.25, 0.3) is 0 Å². The molecule has 0 amide bonds. The summed E-state index contributed by atoms with van der Waals surface area (Å²) in [5, 5.41) is 24.8. The van der Waals surface area contributed by atoms with E-state index in [-0.39, 0.29) is 0 Å². The van der Waals surface area contributed by atoms with Crippen LogP contribution in [0.25, 0.3) is 23.0 Å². The summed E-state index contributed by atoms with van der Waals surface area (Å²) in [6.07, 6.45) is 3.01. The van der Waals surface area contributed by atoms with Crippen molar-refractivity contribution >= 4 is 23.8 Å². The minimum absolute atomic E-state index is 0.443. The van der Waals surface area contributed by atoms with Crippen molar-refractivity contribution < 1.29 is 9.90 Å². The van der Waals surface area contributed by atoms with Crippen molar-refractivity contribution in [3.05, 3.63) is 71.9 Å². The Bertz CT molecular complexity index is 1020. The summed E-state index contributed by atoms with van der Waals surface area (Å²) in [7, 11) is 0. The molecule has 0 N–H and O–H groups in total. The summed E-state index contributed by atoms with van der Waals surface area (Å²) in [5.41, 5.74) is 2.37. The molecule has 0 aliphatic rings. The molecule has 2 aromatic carbocycles. The molecule has 3 aromatic rings. The molecule has 0 aliphatic heterocycles. The van der Waals surface area contributed by atoms with Gasteiger partial charge in [-0.2, -0.15) is 10.4 Å². The number of thioether (sulfide) groups is 1. The number of aliphatic carboxylic acids is 1.